The molecular formula is C28H26NO3P. The fourth-order valence-electron chi connectivity index (χ4n) is 4.85. The number of hydrogen-bond donors (Lipinski definition) is 1. The zero-order valence-corrected chi connectivity index (χ0v) is 19.3. The Hall–Kier alpha value is -3.30. The molecule has 4 aromatic rings. The minimum absolute atomic E-state index is 0.392. The van der Waals surface area contributed by atoms with Crippen molar-refractivity contribution in [1.29, 1.82) is 0 Å². The quantitative estimate of drug-likeness (QED) is 0.361. The molecule has 2 atom stereocenters. The van der Waals surface area contributed by atoms with Crippen molar-refractivity contribution in [3.8, 4) is 0 Å². The Morgan fingerprint density at radius 1 is 0.697 bits per heavy atom. The van der Waals surface area contributed by atoms with E-state index in [2.05, 4.69) is 41.5 Å². The second-order valence-corrected chi connectivity index (χ2v) is 12.2. The molecule has 0 saturated carbocycles. The number of carbonyl (C=O) groups excluding carboxylic acids is 1. The number of ether oxygens (including phenoxy) is 1. The Morgan fingerprint density at radius 3 is 1.48 bits per heavy atom. The predicted molar refractivity (Wildman–Crippen MR) is 134 cm³/mol. The van der Waals surface area contributed by atoms with Crippen molar-refractivity contribution in [2.24, 2.45) is 0 Å². The maximum absolute atomic E-state index is 13.2. The molecule has 5 heteroatoms. The second kappa shape index (κ2) is 8.57. The zero-order chi connectivity index (χ0) is 22.8. The van der Waals surface area contributed by atoms with Gasteiger partial charge in [-0.05, 0) is 0 Å². The molecule has 0 radical (unpaired) electrons. The van der Waals surface area contributed by atoms with Crippen LogP contribution in [-0.4, -0.2) is 19.2 Å². The van der Waals surface area contributed by atoms with Crippen molar-refractivity contribution in [3.05, 3.63) is 127 Å². The van der Waals surface area contributed by atoms with Crippen molar-refractivity contribution < 1.29 is 14.1 Å². The summed E-state index contributed by atoms with van der Waals surface area (Å²) in [6.45, 7) is -3.77. The van der Waals surface area contributed by atoms with Gasteiger partial charge in [-0.1, -0.05) is 0 Å². The van der Waals surface area contributed by atoms with Crippen LogP contribution in [0.5, 0.6) is 0 Å². The SMILES string of the molecule is COC(=O)C1OP(c2ccccc2)(c2ccccc2)(c2ccccc2)NC1c1ccccc1. The van der Waals surface area contributed by atoms with E-state index in [0.29, 0.717) is 0 Å². The van der Waals surface area contributed by atoms with Gasteiger partial charge in [0, 0.05) is 0 Å². The van der Waals surface area contributed by atoms with Gasteiger partial charge in [0.1, 0.15) is 0 Å². The third-order valence-corrected chi connectivity index (χ3v) is 11.6. The predicted octanol–water partition coefficient (Wildman–Crippen LogP) is 4.25. The fraction of sp³-hybridized carbons (Fsp3) is 0.107. The minimum atomic E-state index is -3.77. The molecule has 0 bridgehead atoms. The Bertz CT molecular complexity index is 1130. The molecule has 1 N–H and O–H groups in total. The van der Waals surface area contributed by atoms with Crippen molar-refractivity contribution >= 4 is 28.9 Å². The molecule has 0 aliphatic carbocycles. The van der Waals surface area contributed by atoms with Gasteiger partial charge in [0.15, 0.2) is 0 Å². The molecule has 0 spiro atoms. The van der Waals surface area contributed by atoms with Crippen LogP contribution in [0.15, 0.2) is 121 Å². The van der Waals surface area contributed by atoms with E-state index in [1.165, 1.54) is 7.11 Å². The first-order chi connectivity index (χ1) is 16.2. The molecule has 2 unspecified atom stereocenters. The first kappa shape index (κ1) is 21.5. The van der Waals surface area contributed by atoms with E-state index in [1.54, 1.807) is 0 Å². The van der Waals surface area contributed by atoms with Gasteiger partial charge >= 0.3 is 194 Å². The molecule has 1 aliphatic heterocycles. The molecule has 4 aromatic carbocycles. The van der Waals surface area contributed by atoms with E-state index >= 15 is 0 Å². The number of benzene rings is 4. The molecule has 1 heterocycles. The van der Waals surface area contributed by atoms with Crippen LogP contribution in [-0.2, 0) is 14.1 Å². The van der Waals surface area contributed by atoms with Crippen molar-refractivity contribution in [2.75, 3.05) is 7.11 Å². The van der Waals surface area contributed by atoms with Gasteiger partial charge in [-0.25, -0.2) is 0 Å². The number of esters is 1. The van der Waals surface area contributed by atoms with E-state index in [4.69, 9.17) is 9.26 Å². The van der Waals surface area contributed by atoms with Crippen LogP contribution in [0.3, 0.4) is 0 Å². The van der Waals surface area contributed by atoms with Gasteiger partial charge in [-0.2, -0.15) is 0 Å². The molecular weight excluding hydrogens is 429 g/mol. The summed E-state index contributed by atoms with van der Waals surface area (Å²) >= 11 is 0. The van der Waals surface area contributed by atoms with Gasteiger partial charge in [-0.15, -0.1) is 0 Å². The standard InChI is InChI=1S/C28H26NO3P/c1-31-28(30)27-26(22-14-6-2-7-15-22)29-33(32-27,23-16-8-3-9-17-23,24-18-10-4-11-19-24)25-20-12-5-13-21-25/h2-21,26-27,29H,1H3. The molecule has 4 nitrogen and oxygen atoms in total. The summed E-state index contributed by atoms with van der Waals surface area (Å²) in [7, 11) is 1.41. The van der Waals surface area contributed by atoms with Crippen LogP contribution in [0, 0.1) is 0 Å². The Kier molecular flexibility index (Phi) is 5.59. The first-order valence-corrected chi connectivity index (χ1v) is 13.1. The number of carbonyl (C=O) groups is 1. The third-order valence-electron chi connectivity index (χ3n) is 6.35. The average Bonchev–Trinajstić information content (AvgIpc) is 3.30. The van der Waals surface area contributed by atoms with Crippen LogP contribution in [0.4, 0.5) is 0 Å². The van der Waals surface area contributed by atoms with Gasteiger partial charge in [0.2, 0.25) is 0 Å². The number of rotatable bonds is 5. The van der Waals surface area contributed by atoms with Crippen LogP contribution < -0.4 is 21.0 Å². The first-order valence-electron chi connectivity index (χ1n) is 11.0. The summed E-state index contributed by atoms with van der Waals surface area (Å²) in [6, 6.07) is 40.2. The van der Waals surface area contributed by atoms with E-state index in [9.17, 15) is 4.79 Å². The van der Waals surface area contributed by atoms with Crippen molar-refractivity contribution in [2.45, 2.75) is 12.1 Å². The summed E-state index contributed by atoms with van der Waals surface area (Å²) < 4.78 is 12.4. The van der Waals surface area contributed by atoms with E-state index in [1.807, 2.05) is 84.9 Å². The van der Waals surface area contributed by atoms with Gasteiger partial charge < -0.3 is 0 Å². The monoisotopic (exact) mass is 455 g/mol. The number of methoxy groups -OCH3 is 1. The number of hydrogen-bond acceptors (Lipinski definition) is 4. The molecule has 1 saturated heterocycles. The Balaban J connectivity index is 1.88. The Morgan fingerprint density at radius 2 is 1.09 bits per heavy atom. The van der Waals surface area contributed by atoms with Crippen molar-refractivity contribution in [3.63, 3.8) is 0 Å². The molecule has 0 aromatic heterocycles. The van der Waals surface area contributed by atoms with Gasteiger partial charge in [0.25, 0.3) is 0 Å². The number of nitrogens with one attached hydrogen (secondary N) is 1. The van der Waals surface area contributed by atoms with E-state index < -0.39 is 25.1 Å². The van der Waals surface area contributed by atoms with Crippen molar-refractivity contribution in [1.82, 2.24) is 5.09 Å². The summed E-state index contributed by atoms with van der Waals surface area (Å²) in [5.41, 5.74) is 0.974. The third kappa shape index (κ3) is 3.30. The normalized spacial score (nSPS) is 22.0. The summed E-state index contributed by atoms with van der Waals surface area (Å²) in [5.74, 6) is -0.398. The van der Waals surface area contributed by atoms with Gasteiger partial charge in [0.05, 0.1) is 0 Å². The fourth-order valence-corrected chi connectivity index (χ4v) is 10.3. The zero-order valence-electron chi connectivity index (χ0n) is 18.4. The summed E-state index contributed by atoms with van der Waals surface area (Å²) in [4.78, 5) is 13.2. The summed E-state index contributed by atoms with van der Waals surface area (Å²) in [6.07, 6.45) is -0.823. The average molecular weight is 455 g/mol. The van der Waals surface area contributed by atoms with E-state index in [0.717, 1.165) is 21.5 Å². The van der Waals surface area contributed by atoms with E-state index in [-0.39, 0.29) is 0 Å². The van der Waals surface area contributed by atoms with Gasteiger partial charge in [-0.3, -0.25) is 0 Å². The molecule has 0 amide bonds. The molecule has 1 fully saturated rings. The van der Waals surface area contributed by atoms with Crippen LogP contribution >= 0.6 is 6.98 Å². The maximum atomic E-state index is 13.2. The van der Waals surface area contributed by atoms with Crippen LogP contribution in [0.2, 0.25) is 0 Å². The van der Waals surface area contributed by atoms with Crippen LogP contribution in [0.1, 0.15) is 11.6 Å². The molecule has 33 heavy (non-hydrogen) atoms. The summed E-state index contributed by atoms with van der Waals surface area (Å²) in [5, 5.41) is 6.98. The Labute approximate surface area is 194 Å². The topological polar surface area (TPSA) is 47.6 Å². The molecule has 166 valence electrons. The molecule has 5 rings (SSSR count). The van der Waals surface area contributed by atoms with Crippen LogP contribution in [0.25, 0.3) is 0 Å². The second-order valence-electron chi connectivity index (χ2n) is 8.11. The molecule has 1 aliphatic rings.